The number of anilines is 1. The zero-order valence-electron chi connectivity index (χ0n) is 17.9. The monoisotopic (exact) mass is 471 g/mol. The summed E-state index contributed by atoms with van der Waals surface area (Å²) in [6.45, 7) is 2.53. The third-order valence-corrected chi connectivity index (χ3v) is 7.65. The molecule has 2 bridgehead atoms. The summed E-state index contributed by atoms with van der Waals surface area (Å²) in [5.74, 6) is 0.405. The molecule has 4 aliphatic carbocycles. The number of fused-ring (bicyclic) bond motifs is 1. The number of allylic oxidation sites excluding steroid dienone is 1. The SMILES string of the molecule is NC(=CC(=NCC(F)F)[C@]12C3C(N4CCCOCC4)C[C@@H]1[C@H]32)c1cnc(N)c(C(F)(F)F)c1. The zero-order chi connectivity index (χ0) is 23.5. The van der Waals surface area contributed by atoms with Crippen LogP contribution >= 0.6 is 0 Å². The Balaban J connectivity index is 1.42. The summed E-state index contributed by atoms with van der Waals surface area (Å²) in [7, 11) is 0. The third-order valence-electron chi connectivity index (χ3n) is 7.65. The number of hydrogen-bond donors (Lipinski definition) is 2. The minimum Gasteiger partial charge on any atom is -0.398 e. The molecule has 6 rings (SSSR count). The molecule has 2 unspecified atom stereocenters. The van der Waals surface area contributed by atoms with E-state index in [0.29, 0.717) is 36.1 Å². The number of aromatic nitrogens is 1. The molecule has 0 aromatic carbocycles. The first kappa shape index (κ1) is 22.5. The van der Waals surface area contributed by atoms with Crippen molar-refractivity contribution in [3.63, 3.8) is 0 Å². The predicted molar refractivity (Wildman–Crippen MR) is 112 cm³/mol. The Hall–Kier alpha value is -2.27. The zero-order valence-corrected chi connectivity index (χ0v) is 17.9. The molecule has 33 heavy (non-hydrogen) atoms. The largest absolute Gasteiger partial charge is 0.419 e. The van der Waals surface area contributed by atoms with E-state index in [4.69, 9.17) is 16.2 Å². The van der Waals surface area contributed by atoms with Crippen LogP contribution in [0.5, 0.6) is 0 Å². The fourth-order valence-electron chi connectivity index (χ4n) is 6.23. The maximum atomic E-state index is 13.2. The van der Waals surface area contributed by atoms with Crippen molar-refractivity contribution in [1.29, 1.82) is 0 Å². The van der Waals surface area contributed by atoms with Gasteiger partial charge in [-0.2, -0.15) is 13.2 Å². The number of pyridine rings is 1. The Morgan fingerprint density at radius 3 is 2.79 bits per heavy atom. The Kier molecular flexibility index (Phi) is 5.39. The number of nitrogens with zero attached hydrogens (tertiary/aromatic N) is 3. The predicted octanol–water partition coefficient (Wildman–Crippen LogP) is 3.05. The lowest BCUT2D eigenvalue weighted by molar-refractivity contribution is -0.137. The maximum absolute atomic E-state index is 13.2. The lowest BCUT2D eigenvalue weighted by Gasteiger charge is -2.27. The van der Waals surface area contributed by atoms with Crippen LogP contribution in [0.15, 0.2) is 23.3 Å². The summed E-state index contributed by atoms with van der Waals surface area (Å²) in [5, 5.41) is 0. The number of alkyl halides is 5. The van der Waals surface area contributed by atoms with Gasteiger partial charge >= 0.3 is 6.18 Å². The van der Waals surface area contributed by atoms with Crippen molar-refractivity contribution in [3.8, 4) is 0 Å². The average Bonchev–Trinajstić information content (AvgIpc) is 3.55. The second-order valence-corrected chi connectivity index (χ2v) is 9.27. The molecule has 0 spiro atoms. The Morgan fingerprint density at radius 2 is 2.09 bits per heavy atom. The molecule has 1 aromatic heterocycles. The highest BCUT2D eigenvalue weighted by atomic mass is 19.4. The van der Waals surface area contributed by atoms with E-state index in [1.54, 1.807) is 0 Å². The van der Waals surface area contributed by atoms with Crippen LogP contribution in [0.25, 0.3) is 5.70 Å². The Labute approximate surface area is 187 Å². The van der Waals surface area contributed by atoms with Crippen LogP contribution in [0.3, 0.4) is 0 Å². The number of aliphatic imine (C=N–C) groups is 1. The molecule has 0 amide bonds. The fraction of sp³-hybridized carbons (Fsp3) is 0.636. The quantitative estimate of drug-likeness (QED) is 0.492. The van der Waals surface area contributed by atoms with Crippen LogP contribution in [0.1, 0.15) is 24.0 Å². The van der Waals surface area contributed by atoms with E-state index in [2.05, 4.69) is 14.9 Å². The lowest BCUT2D eigenvalue weighted by atomic mass is 9.97. The van der Waals surface area contributed by atoms with Gasteiger partial charge in [-0.05, 0) is 42.7 Å². The van der Waals surface area contributed by atoms with Gasteiger partial charge in [0.15, 0.2) is 0 Å². The summed E-state index contributed by atoms with van der Waals surface area (Å²) >= 11 is 0. The molecule has 2 heterocycles. The van der Waals surface area contributed by atoms with Crippen LogP contribution < -0.4 is 11.5 Å². The minimum atomic E-state index is -4.68. The molecular formula is C22H26F5N5O. The summed E-state index contributed by atoms with van der Waals surface area (Å²) in [6.07, 6.45) is -2.75. The maximum Gasteiger partial charge on any atom is 0.419 e. The van der Waals surface area contributed by atoms with Gasteiger partial charge in [-0.25, -0.2) is 13.8 Å². The van der Waals surface area contributed by atoms with E-state index in [1.165, 1.54) is 6.08 Å². The van der Waals surface area contributed by atoms with Crippen molar-refractivity contribution in [2.45, 2.75) is 31.5 Å². The van der Waals surface area contributed by atoms with Crippen molar-refractivity contribution in [2.75, 3.05) is 38.6 Å². The highest BCUT2D eigenvalue weighted by Gasteiger charge is 2.93. The smallest absolute Gasteiger partial charge is 0.398 e. The molecule has 4 saturated carbocycles. The van der Waals surface area contributed by atoms with Crippen LogP contribution in [-0.2, 0) is 10.9 Å². The first-order valence-electron chi connectivity index (χ1n) is 11.1. The summed E-state index contributed by atoms with van der Waals surface area (Å²) in [5.41, 5.74) is 10.6. The van der Waals surface area contributed by atoms with Crippen LogP contribution in [0, 0.1) is 23.2 Å². The third kappa shape index (κ3) is 3.69. The van der Waals surface area contributed by atoms with Crippen molar-refractivity contribution in [3.05, 3.63) is 29.5 Å². The molecule has 1 aromatic rings. The van der Waals surface area contributed by atoms with Crippen LogP contribution in [0.4, 0.5) is 27.8 Å². The number of rotatable bonds is 6. The van der Waals surface area contributed by atoms with Gasteiger partial charge < -0.3 is 16.2 Å². The van der Waals surface area contributed by atoms with Crippen LogP contribution in [-0.4, -0.2) is 60.9 Å². The normalized spacial score (nSPS) is 34.4. The number of hydrogen-bond acceptors (Lipinski definition) is 6. The summed E-state index contributed by atoms with van der Waals surface area (Å²) in [6, 6.07) is 1.19. The molecule has 5 fully saturated rings. The first-order valence-corrected chi connectivity index (χ1v) is 11.1. The van der Waals surface area contributed by atoms with E-state index in [9.17, 15) is 22.0 Å². The lowest BCUT2D eigenvalue weighted by Crippen LogP contribution is -2.37. The topological polar surface area (TPSA) is 89.8 Å². The number of ether oxygens (including phenoxy) is 1. The molecule has 180 valence electrons. The van der Waals surface area contributed by atoms with E-state index >= 15 is 0 Å². The van der Waals surface area contributed by atoms with Crippen molar-refractivity contribution in [2.24, 2.45) is 33.9 Å². The van der Waals surface area contributed by atoms with E-state index in [1.807, 2.05) is 0 Å². The second-order valence-electron chi connectivity index (χ2n) is 9.27. The first-order chi connectivity index (χ1) is 15.7. The van der Waals surface area contributed by atoms with Gasteiger partial charge in [0.25, 0.3) is 6.43 Å². The number of nitrogen functional groups attached to an aromatic ring is 1. The minimum absolute atomic E-state index is 0.00654. The van der Waals surface area contributed by atoms with Gasteiger partial charge in [-0.3, -0.25) is 9.89 Å². The highest BCUT2D eigenvalue weighted by molar-refractivity contribution is 6.10. The van der Waals surface area contributed by atoms with Gasteiger partial charge in [0.2, 0.25) is 0 Å². The molecule has 6 nitrogen and oxygen atoms in total. The Morgan fingerprint density at radius 1 is 1.30 bits per heavy atom. The van der Waals surface area contributed by atoms with Gasteiger partial charge in [-0.15, -0.1) is 0 Å². The molecule has 1 saturated heterocycles. The van der Waals surface area contributed by atoms with Crippen molar-refractivity contribution in [1.82, 2.24) is 9.88 Å². The molecule has 5 atom stereocenters. The molecule has 0 radical (unpaired) electrons. The second kappa shape index (κ2) is 7.90. The van der Waals surface area contributed by atoms with Gasteiger partial charge in [0.05, 0.1) is 12.2 Å². The Bertz CT molecular complexity index is 982. The highest BCUT2D eigenvalue weighted by Crippen LogP contribution is 2.92. The fourth-order valence-corrected chi connectivity index (χ4v) is 6.23. The van der Waals surface area contributed by atoms with Crippen molar-refractivity contribution >= 4 is 17.2 Å². The van der Waals surface area contributed by atoms with Gasteiger partial charge in [-0.1, -0.05) is 0 Å². The summed E-state index contributed by atoms with van der Waals surface area (Å²) in [4.78, 5) is 10.2. The molecule has 11 heteroatoms. The number of nitrogens with two attached hydrogens (primary N) is 2. The van der Waals surface area contributed by atoms with E-state index < -0.39 is 30.5 Å². The number of halogens is 5. The standard InChI is InChI=1S/C22H26F5N5O/c23-17(24)10-30-16(8-14(28)11-6-13(22(25,26)27)20(29)31-9-11)21-12-7-15(19(21)18(12)21)32-2-1-4-33-5-3-32/h6,8-9,12,15,17-19H,1-5,7,10,28H2,(H2,29,31)/t12-,15?,18-,19?,21-/m1/s1. The van der Waals surface area contributed by atoms with Gasteiger partial charge in [0.1, 0.15) is 12.4 Å². The molecule has 5 aliphatic rings. The molecule has 4 N–H and O–H groups in total. The molecule has 1 aliphatic heterocycles. The van der Waals surface area contributed by atoms with Gasteiger partial charge in [0, 0.05) is 54.3 Å². The van der Waals surface area contributed by atoms with E-state index in [-0.39, 0.29) is 16.7 Å². The average molecular weight is 471 g/mol. The van der Waals surface area contributed by atoms with Crippen LogP contribution in [0.2, 0.25) is 0 Å². The molecular weight excluding hydrogens is 445 g/mol. The van der Waals surface area contributed by atoms with Crippen molar-refractivity contribution < 1.29 is 26.7 Å². The van der Waals surface area contributed by atoms with E-state index in [0.717, 1.165) is 44.8 Å². The summed E-state index contributed by atoms with van der Waals surface area (Å²) < 4.78 is 71.2.